The Hall–Kier alpha value is -0.700. The second kappa shape index (κ2) is 6.46. The molecule has 106 valence electrons. The van der Waals surface area contributed by atoms with Gasteiger partial charge in [0, 0.05) is 26.2 Å². The fourth-order valence-electron chi connectivity index (χ4n) is 1.92. The van der Waals surface area contributed by atoms with Crippen molar-refractivity contribution in [3.8, 4) is 0 Å². The molecule has 1 fully saturated rings. The van der Waals surface area contributed by atoms with Crippen molar-refractivity contribution in [2.45, 2.75) is 24.9 Å². The van der Waals surface area contributed by atoms with Crippen LogP contribution in [-0.4, -0.2) is 63.8 Å². The molecule has 2 unspecified atom stereocenters. The molecule has 18 heavy (non-hydrogen) atoms. The highest BCUT2D eigenvalue weighted by Gasteiger charge is 2.27. The van der Waals surface area contributed by atoms with Crippen LogP contribution in [0.2, 0.25) is 0 Å². The van der Waals surface area contributed by atoms with Gasteiger partial charge in [0.2, 0.25) is 15.9 Å². The smallest absolute Gasteiger partial charge is 0.239 e. The number of nitrogens with one attached hydrogen (secondary N) is 1. The molecular weight excluding hydrogens is 258 g/mol. The van der Waals surface area contributed by atoms with Crippen molar-refractivity contribution in [2.24, 2.45) is 5.73 Å². The minimum Gasteiger partial charge on any atom is -0.383 e. The Balaban J connectivity index is 2.50. The minimum absolute atomic E-state index is 0.147. The lowest BCUT2D eigenvalue weighted by molar-refractivity contribution is -0.124. The normalized spacial score (nSPS) is 23.6. The Kier molecular flexibility index (Phi) is 5.51. The zero-order chi connectivity index (χ0) is 13.8. The Morgan fingerprint density at radius 3 is 2.83 bits per heavy atom. The topological polar surface area (TPSA) is 102 Å². The third-order valence-corrected chi connectivity index (χ3v) is 4.15. The molecule has 0 aromatic heterocycles. The van der Waals surface area contributed by atoms with E-state index < -0.39 is 16.1 Å². The van der Waals surface area contributed by atoms with E-state index in [-0.39, 0.29) is 18.6 Å². The van der Waals surface area contributed by atoms with E-state index in [2.05, 4.69) is 5.32 Å². The maximum Gasteiger partial charge on any atom is 0.239 e. The number of methoxy groups -OCH3 is 1. The number of nitrogens with two attached hydrogens (primary N) is 1. The summed E-state index contributed by atoms with van der Waals surface area (Å²) in [5, 5.41) is 2.76. The van der Waals surface area contributed by atoms with E-state index in [9.17, 15) is 13.2 Å². The highest BCUT2D eigenvalue weighted by molar-refractivity contribution is 7.88. The number of ether oxygens (including phenoxy) is 1. The van der Waals surface area contributed by atoms with Gasteiger partial charge >= 0.3 is 0 Å². The average molecular weight is 279 g/mol. The fourth-order valence-corrected chi connectivity index (χ4v) is 2.84. The summed E-state index contributed by atoms with van der Waals surface area (Å²) in [5.41, 5.74) is 5.60. The van der Waals surface area contributed by atoms with E-state index in [0.717, 1.165) is 12.8 Å². The molecule has 1 saturated heterocycles. The predicted octanol–water partition coefficient (Wildman–Crippen LogP) is -1.50. The lowest BCUT2D eigenvalue weighted by Gasteiger charge is -2.31. The number of carbonyl (C=O) groups excluding carboxylic acids is 1. The molecule has 2 atom stereocenters. The molecule has 3 N–H and O–H groups in total. The van der Waals surface area contributed by atoms with Gasteiger partial charge in [-0.3, -0.25) is 4.79 Å². The molecule has 0 saturated carbocycles. The van der Waals surface area contributed by atoms with Gasteiger partial charge in [0.25, 0.3) is 0 Å². The average Bonchev–Trinajstić information content (AvgIpc) is 2.28. The maximum absolute atomic E-state index is 11.7. The second-order valence-corrected chi connectivity index (χ2v) is 6.51. The van der Waals surface area contributed by atoms with Crippen molar-refractivity contribution in [3.63, 3.8) is 0 Å². The lowest BCUT2D eigenvalue weighted by Crippen LogP contribution is -2.53. The van der Waals surface area contributed by atoms with Crippen LogP contribution in [0.3, 0.4) is 0 Å². The molecule has 0 aliphatic carbocycles. The number of hydrogen-bond donors (Lipinski definition) is 2. The summed E-state index contributed by atoms with van der Waals surface area (Å²) in [6.07, 6.45) is 2.67. The number of sulfonamides is 1. The molecule has 1 amide bonds. The summed E-state index contributed by atoms with van der Waals surface area (Å²) in [4.78, 5) is 11.7. The van der Waals surface area contributed by atoms with E-state index in [1.165, 1.54) is 17.7 Å². The number of carbonyl (C=O) groups is 1. The van der Waals surface area contributed by atoms with Crippen LogP contribution in [-0.2, 0) is 19.6 Å². The molecule has 0 aromatic carbocycles. The monoisotopic (exact) mass is 279 g/mol. The number of piperidine rings is 1. The summed E-state index contributed by atoms with van der Waals surface area (Å²) in [6, 6.07) is -0.896. The summed E-state index contributed by atoms with van der Waals surface area (Å²) >= 11 is 0. The second-order valence-electron chi connectivity index (χ2n) is 4.53. The van der Waals surface area contributed by atoms with Gasteiger partial charge in [0.15, 0.2) is 0 Å². The van der Waals surface area contributed by atoms with E-state index in [1.54, 1.807) is 0 Å². The number of amides is 1. The first-order valence-electron chi connectivity index (χ1n) is 5.84. The maximum atomic E-state index is 11.7. The first-order chi connectivity index (χ1) is 8.34. The molecular formula is C10H21N3O4S. The van der Waals surface area contributed by atoms with Gasteiger partial charge in [-0.25, -0.2) is 12.7 Å². The van der Waals surface area contributed by atoms with Crippen molar-refractivity contribution >= 4 is 15.9 Å². The van der Waals surface area contributed by atoms with Crippen LogP contribution >= 0.6 is 0 Å². The van der Waals surface area contributed by atoms with E-state index in [0.29, 0.717) is 13.1 Å². The van der Waals surface area contributed by atoms with E-state index >= 15 is 0 Å². The van der Waals surface area contributed by atoms with Crippen molar-refractivity contribution in [3.05, 3.63) is 0 Å². The number of hydrogen-bond acceptors (Lipinski definition) is 5. The van der Waals surface area contributed by atoms with Crippen molar-refractivity contribution in [1.82, 2.24) is 9.62 Å². The summed E-state index contributed by atoms with van der Waals surface area (Å²) < 4.78 is 29.0. The highest BCUT2D eigenvalue weighted by Crippen LogP contribution is 2.13. The molecule has 1 rings (SSSR count). The number of nitrogens with zero attached hydrogens (tertiary/aromatic N) is 1. The Labute approximate surface area is 108 Å². The predicted molar refractivity (Wildman–Crippen MR) is 67.4 cm³/mol. The quantitative estimate of drug-likeness (QED) is 0.638. The van der Waals surface area contributed by atoms with Crippen molar-refractivity contribution in [2.75, 3.05) is 33.1 Å². The first-order valence-corrected chi connectivity index (χ1v) is 7.69. The standard InChI is InChI=1S/C10H21N3O4S/c1-17-7-9(11)10(14)12-8-4-3-5-13(6-8)18(2,15)16/h8-9H,3-7,11H2,1-2H3,(H,12,14). The first kappa shape index (κ1) is 15.4. The molecule has 0 aromatic rings. The van der Waals surface area contributed by atoms with Gasteiger partial charge in [-0.1, -0.05) is 0 Å². The third kappa shape index (κ3) is 4.52. The molecule has 1 aliphatic rings. The van der Waals surface area contributed by atoms with Gasteiger partial charge in [0.1, 0.15) is 6.04 Å². The zero-order valence-electron chi connectivity index (χ0n) is 10.8. The van der Waals surface area contributed by atoms with Crippen LogP contribution in [0.5, 0.6) is 0 Å². The largest absolute Gasteiger partial charge is 0.383 e. The Morgan fingerprint density at radius 2 is 2.28 bits per heavy atom. The van der Waals surface area contributed by atoms with Crippen LogP contribution < -0.4 is 11.1 Å². The van der Waals surface area contributed by atoms with Crippen LogP contribution in [0.15, 0.2) is 0 Å². The SMILES string of the molecule is COCC(N)C(=O)NC1CCCN(S(C)(=O)=O)C1. The van der Waals surface area contributed by atoms with Crippen LogP contribution in [0.1, 0.15) is 12.8 Å². The van der Waals surface area contributed by atoms with Crippen molar-refractivity contribution in [1.29, 1.82) is 0 Å². The zero-order valence-corrected chi connectivity index (χ0v) is 11.6. The van der Waals surface area contributed by atoms with E-state index in [4.69, 9.17) is 10.5 Å². The van der Waals surface area contributed by atoms with Crippen LogP contribution in [0.4, 0.5) is 0 Å². The number of rotatable bonds is 5. The molecule has 1 heterocycles. The van der Waals surface area contributed by atoms with Gasteiger partial charge in [-0.2, -0.15) is 0 Å². The third-order valence-electron chi connectivity index (χ3n) is 2.88. The van der Waals surface area contributed by atoms with Gasteiger partial charge in [-0.15, -0.1) is 0 Å². The molecule has 8 heteroatoms. The van der Waals surface area contributed by atoms with Gasteiger partial charge < -0.3 is 15.8 Å². The summed E-state index contributed by atoms with van der Waals surface area (Å²) in [6.45, 7) is 0.966. The molecule has 0 spiro atoms. The molecule has 7 nitrogen and oxygen atoms in total. The van der Waals surface area contributed by atoms with Crippen molar-refractivity contribution < 1.29 is 17.9 Å². The minimum atomic E-state index is -3.20. The van der Waals surface area contributed by atoms with Gasteiger partial charge in [-0.05, 0) is 12.8 Å². The van der Waals surface area contributed by atoms with Crippen LogP contribution in [0.25, 0.3) is 0 Å². The molecule has 1 aliphatic heterocycles. The Morgan fingerprint density at radius 1 is 1.61 bits per heavy atom. The summed E-state index contributed by atoms with van der Waals surface area (Å²) in [7, 11) is -1.73. The molecule has 0 radical (unpaired) electrons. The summed E-state index contributed by atoms with van der Waals surface area (Å²) in [5.74, 6) is -0.308. The van der Waals surface area contributed by atoms with Crippen LogP contribution in [0, 0.1) is 0 Å². The Bertz CT molecular complexity index is 385. The highest BCUT2D eigenvalue weighted by atomic mass is 32.2. The molecule has 0 bridgehead atoms. The van der Waals surface area contributed by atoms with E-state index in [1.807, 2.05) is 0 Å². The lowest BCUT2D eigenvalue weighted by atomic mass is 10.1. The fraction of sp³-hybridized carbons (Fsp3) is 0.900. The van der Waals surface area contributed by atoms with Gasteiger partial charge in [0.05, 0.1) is 12.9 Å².